The van der Waals surface area contributed by atoms with E-state index in [1.165, 1.54) is 10.7 Å². The van der Waals surface area contributed by atoms with Gasteiger partial charge < -0.3 is 10.2 Å². The number of rotatable bonds is 6. The molecular weight excluding hydrogens is 462 g/mol. The lowest BCUT2D eigenvalue weighted by Crippen LogP contribution is -2.43. The van der Waals surface area contributed by atoms with Gasteiger partial charge in [-0.25, -0.2) is 21.9 Å². The van der Waals surface area contributed by atoms with E-state index in [2.05, 4.69) is 25.3 Å². The van der Waals surface area contributed by atoms with Crippen LogP contribution in [-0.4, -0.2) is 60.1 Å². The zero-order valence-electron chi connectivity index (χ0n) is 16.6. The van der Waals surface area contributed by atoms with Gasteiger partial charge in [-0.05, 0) is 25.0 Å². The van der Waals surface area contributed by atoms with Crippen LogP contribution in [0.2, 0.25) is 0 Å². The summed E-state index contributed by atoms with van der Waals surface area (Å²) in [7, 11) is -4.01. The highest BCUT2D eigenvalue weighted by atomic mass is 32.2. The van der Waals surface area contributed by atoms with Gasteiger partial charge in [0.1, 0.15) is 5.54 Å². The number of aromatic nitrogens is 4. The van der Waals surface area contributed by atoms with Crippen molar-refractivity contribution in [1.82, 2.24) is 30.0 Å². The molecule has 10 nitrogen and oxygen atoms in total. The quantitative estimate of drug-likeness (QED) is 0.544. The van der Waals surface area contributed by atoms with Gasteiger partial charge in [-0.15, -0.1) is 10.2 Å². The van der Waals surface area contributed by atoms with E-state index in [4.69, 9.17) is 0 Å². The molecule has 3 heterocycles. The average molecular weight is 481 g/mol. The Balaban J connectivity index is 1.66. The van der Waals surface area contributed by atoms with Crippen LogP contribution >= 0.6 is 11.3 Å². The van der Waals surface area contributed by atoms with Crippen LogP contribution in [0.3, 0.4) is 0 Å². The molecule has 5 rings (SSSR count). The third-order valence-corrected chi connectivity index (χ3v) is 7.92. The molecule has 1 aliphatic heterocycles. The fourth-order valence-corrected chi connectivity index (χ4v) is 5.72. The van der Waals surface area contributed by atoms with Crippen molar-refractivity contribution >= 4 is 38.0 Å². The Morgan fingerprint density at radius 1 is 1.25 bits per heavy atom. The van der Waals surface area contributed by atoms with Gasteiger partial charge in [0.2, 0.25) is 15.2 Å². The molecule has 0 amide bonds. The normalized spacial score (nSPS) is 18.2. The van der Waals surface area contributed by atoms with E-state index in [9.17, 15) is 22.5 Å². The molecule has 1 aliphatic carbocycles. The third kappa shape index (κ3) is 3.71. The summed E-state index contributed by atoms with van der Waals surface area (Å²) in [6.45, 7) is 2.79. The summed E-state index contributed by atoms with van der Waals surface area (Å²) in [6.07, 6.45) is -0.290. The van der Waals surface area contributed by atoms with Gasteiger partial charge in [-0.2, -0.15) is 15.1 Å². The van der Waals surface area contributed by atoms with Crippen LogP contribution in [0.5, 0.6) is 0 Å². The van der Waals surface area contributed by atoms with Crippen LogP contribution < -0.4 is 14.9 Å². The van der Waals surface area contributed by atoms with Gasteiger partial charge in [0.25, 0.3) is 6.43 Å². The number of anilines is 1. The minimum Gasteiger partial charge on any atom is -0.368 e. The van der Waals surface area contributed by atoms with Crippen LogP contribution in [0.1, 0.15) is 24.3 Å². The predicted octanol–water partition coefficient (Wildman–Crippen LogP) is 1.56. The Morgan fingerprint density at radius 3 is 2.62 bits per heavy atom. The van der Waals surface area contributed by atoms with Gasteiger partial charge in [-0.3, -0.25) is 0 Å². The topological polar surface area (TPSA) is 129 Å². The lowest BCUT2D eigenvalue weighted by Gasteiger charge is -2.30. The number of piperazine rings is 1. The Hall–Kier alpha value is -2.73. The van der Waals surface area contributed by atoms with Crippen molar-refractivity contribution in [3.8, 4) is 11.2 Å². The largest absolute Gasteiger partial charge is 0.368 e. The van der Waals surface area contributed by atoms with E-state index in [0.29, 0.717) is 53.9 Å². The molecule has 0 atom stereocenters. The van der Waals surface area contributed by atoms with Crippen molar-refractivity contribution in [3.63, 3.8) is 0 Å². The molecule has 0 bridgehead atoms. The number of nitrogens with zero attached hydrogens (tertiary/aromatic N) is 6. The van der Waals surface area contributed by atoms with E-state index >= 15 is 0 Å². The molecule has 1 aromatic carbocycles. The molecule has 14 heteroatoms. The minimum absolute atomic E-state index is 0.0274. The Bertz CT molecular complexity index is 1320. The molecule has 1 saturated carbocycles. The number of alkyl halides is 2. The standard InChI is InChI=1S/C18H18F2N8O2S2/c19-15(20)16-24-25-17(31-16)28-14-8-11(32(29,30)26-18(10-21)1-2-18)7-13(12(14)9-23-28)27-5-3-22-4-6-27/h7-9,15,22,26H,1-6H2. The van der Waals surface area contributed by atoms with Crippen molar-refractivity contribution in [1.29, 1.82) is 5.26 Å². The molecular formula is C18H18F2N8O2S2. The number of nitriles is 1. The first-order valence-electron chi connectivity index (χ1n) is 9.86. The van der Waals surface area contributed by atoms with Crippen LogP contribution in [-0.2, 0) is 10.0 Å². The van der Waals surface area contributed by atoms with Crippen molar-refractivity contribution in [2.24, 2.45) is 0 Å². The molecule has 2 N–H and O–H groups in total. The first kappa shape index (κ1) is 21.1. The third-order valence-electron chi connectivity index (χ3n) is 5.50. The second kappa shape index (κ2) is 7.69. The van der Waals surface area contributed by atoms with Gasteiger partial charge >= 0.3 is 0 Å². The highest BCUT2D eigenvalue weighted by Crippen LogP contribution is 2.38. The molecule has 168 valence electrons. The summed E-state index contributed by atoms with van der Waals surface area (Å²) in [5.41, 5.74) is -0.00883. The predicted molar refractivity (Wildman–Crippen MR) is 112 cm³/mol. The van der Waals surface area contributed by atoms with Crippen molar-refractivity contribution in [3.05, 3.63) is 23.3 Å². The Labute approximate surface area is 185 Å². The maximum Gasteiger partial charge on any atom is 0.291 e. The second-order valence-electron chi connectivity index (χ2n) is 7.69. The summed E-state index contributed by atoms with van der Waals surface area (Å²) in [5, 5.41) is 24.5. The van der Waals surface area contributed by atoms with E-state index in [-0.39, 0.29) is 10.0 Å². The lowest BCUT2D eigenvalue weighted by molar-refractivity contribution is 0.150. The number of sulfonamides is 1. The monoisotopic (exact) mass is 480 g/mol. The average Bonchev–Trinajstić information content (AvgIpc) is 3.18. The van der Waals surface area contributed by atoms with Crippen LogP contribution in [0.4, 0.5) is 14.5 Å². The summed E-state index contributed by atoms with van der Waals surface area (Å²) in [4.78, 5) is 2.02. The number of hydrogen-bond acceptors (Lipinski definition) is 9. The van der Waals surface area contributed by atoms with Gasteiger partial charge in [0.05, 0.1) is 22.7 Å². The number of halogens is 2. The zero-order chi connectivity index (χ0) is 22.5. The SMILES string of the molecule is N#CC1(NS(=O)(=O)c2cc(N3CCNCC3)c3cnn(-c4nnc(C(F)F)s4)c3c2)CC1. The fraction of sp³-hybridized carbons (Fsp3) is 0.444. The molecule has 0 spiro atoms. The Morgan fingerprint density at radius 2 is 2.00 bits per heavy atom. The smallest absolute Gasteiger partial charge is 0.291 e. The highest BCUT2D eigenvalue weighted by Gasteiger charge is 2.47. The second-order valence-corrected chi connectivity index (χ2v) is 10.4. The molecule has 0 unspecified atom stereocenters. The van der Waals surface area contributed by atoms with Gasteiger partial charge in [0.15, 0.2) is 5.01 Å². The number of benzene rings is 1. The van der Waals surface area contributed by atoms with Crippen molar-refractivity contribution < 1.29 is 17.2 Å². The highest BCUT2D eigenvalue weighted by molar-refractivity contribution is 7.89. The fourth-order valence-electron chi connectivity index (χ4n) is 3.64. The lowest BCUT2D eigenvalue weighted by atomic mass is 10.2. The van der Waals surface area contributed by atoms with Crippen LogP contribution in [0.25, 0.3) is 16.0 Å². The maximum absolute atomic E-state index is 13.1. The summed E-state index contributed by atoms with van der Waals surface area (Å²) in [5.74, 6) is 0. The summed E-state index contributed by atoms with van der Waals surface area (Å²) >= 11 is 0.688. The Kier molecular flexibility index (Phi) is 5.08. The van der Waals surface area contributed by atoms with Crippen molar-refractivity contribution in [2.75, 3.05) is 31.1 Å². The van der Waals surface area contributed by atoms with Gasteiger partial charge in [-0.1, -0.05) is 11.3 Å². The number of fused-ring (bicyclic) bond motifs is 1. The van der Waals surface area contributed by atoms with Gasteiger partial charge in [0, 0.05) is 37.3 Å². The molecule has 3 aromatic rings. The van der Waals surface area contributed by atoms with Crippen LogP contribution in [0, 0.1) is 11.3 Å². The maximum atomic E-state index is 13.1. The van der Waals surface area contributed by atoms with E-state index in [1.807, 2.05) is 11.0 Å². The van der Waals surface area contributed by atoms with E-state index in [0.717, 1.165) is 13.1 Å². The molecule has 0 radical (unpaired) electrons. The van der Waals surface area contributed by atoms with Crippen LogP contribution in [0.15, 0.2) is 23.2 Å². The molecule has 2 aromatic heterocycles. The van der Waals surface area contributed by atoms with Crippen molar-refractivity contribution in [2.45, 2.75) is 29.7 Å². The molecule has 1 saturated heterocycles. The summed E-state index contributed by atoms with van der Waals surface area (Å²) in [6, 6.07) is 5.02. The minimum atomic E-state index is -4.01. The van der Waals surface area contributed by atoms with E-state index < -0.39 is 27.0 Å². The van der Waals surface area contributed by atoms with E-state index in [1.54, 1.807) is 12.3 Å². The summed E-state index contributed by atoms with van der Waals surface area (Å²) < 4.78 is 56.1. The number of nitrogens with one attached hydrogen (secondary N) is 2. The number of hydrogen-bond donors (Lipinski definition) is 2. The molecule has 32 heavy (non-hydrogen) atoms. The zero-order valence-corrected chi connectivity index (χ0v) is 18.3. The molecule has 2 fully saturated rings. The molecule has 2 aliphatic rings. The first-order chi connectivity index (χ1) is 15.3. The first-order valence-corrected chi connectivity index (χ1v) is 12.2.